The number of hydrogen-bond acceptors (Lipinski definition) is 2. The van der Waals surface area contributed by atoms with Gasteiger partial charge in [0.05, 0.1) is 6.20 Å². The molecule has 3 heteroatoms. The van der Waals surface area contributed by atoms with Crippen molar-refractivity contribution in [3.05, 3.63) is 17.5 Å². The molecule has 0 aromatic carbocycles. The van der Waals surface area contributed by atoms with Crippen molar-refractivity contribution in [2.75, 3.05) is 13.6 Å². The van der Waals surface area contributed by atoms with E-state index in [1.165, 1.54) is 17.7 Å². The number of rotatable bonds is 4. The van der Waals surface area contributed by atoms with Crippen LogP contribution in [0.25, 0.3) is 0 Å². The van der Waals surface area contributed by atoms with Gasteiger partial charge >= 0.3 is 0 Å². The van der Waals surface area contributed by atoms with E-state index >= 15 is 0 Å². The van der Waals surface area contributed by atoms with Crippen LogP contribution in [0.1, 0.15) is 17.7 Å². The smallest absolute Gasteiger partial charge is 0.0522 e. The summed E-state index contributed by atoms with van der Waals surface area (Å²) in [5.74, 6) is 0. The summed E-state index contributed by atoms with van der Waals surface area (Å²) in [6, 6.07) is 0. The maximum absolute atomic E-state index is 3.96. The van der Waals surface area contributed by atoms with Gasteiger partial charge in [0.25, 0.3) is 0 Å². The molecule has 0 saturated heterocycles. The van der Waals surface area contributed by atoms with Gasteiger partial charge in [-0.1, -0.05) is 0 Å². The number of H-pyrrole nitrogens is 1. The van der Waals surface area contributed by atoms with E-state index in [0.717, 1.165) is 13.0 Å². The highest BCUT2D eigenvalue weighted by Crippen LogP contribution is 2.04. The molecule has 0 aliphatic heterocycles. The topological polar surface area (TPSA) is 40.7 Å². The van der Waals surface area contributed by atoms with Gasteiger partial charge in [-0.05, 0) is 38.9 Å². The Balaban J connectivity index is 2.32. The summed E-state index contributed by atoms with van der Waals surface area (Å²) in [6.45, 7) is 3.13. The van der Waals surface area contributed by atoms with Crippen molar-refractivity contribution in [3.8, 4) is 0 Å². The highest BCUT2D eigenvalue weighted by Gasteiger charge is 1.97. The average Bonchev–Trinajstić information content (AvgIpc) is 2.37. The van der Waals surface area contributed by atoms with E-state index in [9.17, 15) is 0 Å². The molecule has 0 saturated carbocycles. The summed E-state index contributed by atoms with van der Waals surface area (Å²) in [6.07, 6.45) is 4.20. The molecule has 62 valence electrons. The highest BCUT2D eigenvalue weighted by molar-refractivity contribution is 5.14. The van der Waals surface area contributed by atoms with Crippen LogP contribution in [0, 0.1) is 6.92 Å². The maximum atomic E-state index is 3.96. The maximum Gasteiger partial charge on any atom is 0.0522 e. The van der Waals surface area contributed by atoms with Gasteiger partial charge in [0.15, 0.2) is 0 Å². The summed E-state index contributed by atoms with van der Waals surface area (Å²) in [5, 5.41) is 10.00. The molecule has 0 aliphatic rings. The summed E-state index contributed by atoms with van der Waals surface area (Å²) in [4.78, 5) is 0. The van der Waals surface area contributed by atoms with Gasteiger partial charge in [0, 0.05) is 5.69 Å². The van der Waals surface area contributed by atoms with Crippen LogP contribution in [0.5, 0.6) is 0 Å². The zero-order valence-electron chi connectivity index (χ0n) is 7.15. The molecule has 1 heterocycles. The Labute approximate surface area is 67.2 Å². The fraction of sp³-hybridized carbons (Fsp3) is 0.625. The van der Waals surface area contributed by atoms with Gasteiger partial charge < -0.3 is 5.32 Å². The van der Waals surface area contributed by atoms with Crippen LogP contribution in [0.4, 0.5) is 0 Å². The van der Waals surface area contributed by atoms with E-state index in [1.54, 1.807) is 0 Å². The average molecular weight is 153 g/mol. The van der Waals surface area contributed by atoms with Crippen LogP contribution in [0.3, 0.4) is 0 Å². The Hall–Kier alpha value is -0.830. The summed E-state index contributed by atoms with van der Waals surface area (Å²) in [5.41, 5.74) is 2.53. The number of aromatic nitrogens is 2. The quantitative estimate of drug-likeness (QED) is 0.630. The van der Waals surface area contributed by atoms with E-state index in [2.05, 4.69) is 22.4 Å². The normalized spacial score (nSPS) is 10.4. The minimum Gasteiger partial charge on any atom is -0.320 e. The second kappa shape index (κ2) is 4.13. The van der Waals surface area contributed by atoms with Gasteiger partial charge in [0.1, 0.15) is 0 Å². The van der Waals surface area contributed by atoms with E-state index in [0.29, 0.717) is 0 Å². The predicted octanol–water partition coefficient (Wildman–Crippen LogP) is 0.870. The molecule has 0 radical (unpaired) electrons. The summed E-state index contributed by atoms with van der Waals surface area (Å²) in [7, 11) is 1.97. The molecule has 11 heavy (non-hydrogen) atoms. The van der Waals surface area contributed by atoms with Gasteiger partial charge in [-0.2, -0.15) is 5.10 Å². The van der Waals surface area contributed by atoms with Crippen LogP contribution in [0.2, 0.25) is 0 Å². The minimum absolute atomic E-state index is 1.07. The molecule has 1 aromatic heterocycles. The molecule has 3 nitrogen and oxygen atoms in total. The number of nitrogens with zero attached hydrogens (tertiary/aromatic N) is 1. The van der Waals surface area contributed by atoms with E-state index in [4.69, 9.17) is 0 Å². The molecule has 2 N–H and O–H groups in total. The molecule has 0 aliphatic carbocycles. The number of nitrogens with one attached hydrogen (secondary N) is 2. The standard InChI is InChI=1S/C8H15N3/c1-7-8(6-10-11-7)4-3-5-9-2/h6,9H,3-5H2,1-2H3,(H,10,11). The molecule has 1 aromatic rings. The zero-order chi connectivity index (χ0) is 8.10. The third-order valence-corrected chi connectivity index (χ3v) is 1.81. The van der Waals surface area contributed by atoms with Gasteiger partial charge in [0.2, 0.25) is 0 Å². The first-order chi connectivity index (χ1) is 5.34. The van der Waals surface area contributed by atoms with Crippen molar-refractivity contribution in [2.45, 2.75) is 19.8 Å². The molecule has 0 spiro atoms. The van der Waals surface area contributed by atoms with Crippen molar-refractivity contribution in [2.24, 2.45) is 0 Å². The summed E-state index contributed by atoms with van der Waals surface area (Å²) < 4.78 is 0. The molecule has 1 rings (SSSR count). The number of aromatic amines is 1. The zero-order valence-corrected chi connectivity index (χ0v) is 7.15. The van der Waals surface area contributed by atoms with E-state index < -0.39 is 0 Å². The second-order valence-electron chi connectivity index (χ2n) is 2.73. The first kappa shape index (κ1) is 8.27. The monoisotopic (exact) mass is 153 g/mol. The molecular formula is C8H15N3. The van der Waals surface area contributed by atoms with E-state index in [-0.39, 0.29) is 0 Å². The lowest BCUT2D eigenvalue weighted by Crippen LogP contribution is -2.08. The van der Waals surface area contributed by atoms with Crippen molar-refractivity contribution in [1.82, 2.24) is 15.5 Å². The van der Waals surface area contributed by atoms with Crippen LogP contribution >= 0.6 is 0 Å². The molecule has 0 fully saturated rings. The van der Waals surface area contributed by atoms with Crippen LogP contribution in [0.15, 0.2) is 6.20 Å². The van der Waals surface area contributed by atoms with Crippen molar-refractivity contribution >= 4 is 0 Å². The molecule has 0 unspecified atom stereocenters. The molecule has 0 bridgehead atoms. The highest BCUT2D eigenvalue weighted by atomic mass is 15.1. The van der Waals surface area contributed by atoms with Crippen LogP contribution < -0.4 is 5.32 Å². The Morgan fingerprint density at radius 1 is 1.64 bits per heavy atom. The van der Waals surface area contributed by atoms with E-state index in [1.807, 2.05) is 13.2 Å². The predicted molar refractivity (Wildman–Crippen MR) is 45.6 cm³/mol. The number of aryl methyl sites for hydroxylation is 2. The lowest BCUT2D eigenvalue weighted by molar-refractivity contribution is 0.723. The van der Waals surface area contributed by atoms with Gasteiger partial charge in [-0.15, -0.1) is 0 Å². The lowest BCUT2D eigenvalue weighted by Gasteiger charge is -1.97. The first-order valence-electron chi connectivity index (χ1n) is 3.98. The molecule has 0 atom stereocenters. The summed E-state index contributed by atoms with van der Waals surface area (Å²) >= 11 is 0. The van der Waals surface area contributed by atoms with Gasteiger partial charge in [-0.3, -0.25) is 5.10 Å². The van der Waals surface area contributed by atoms with Gasteiger partial charge in [-0.25, -0.2) is 0 Å². The largest absolute Gasteiger partial charge is 0.320 e. The van der Waals surface area contributed by atoms with Crippen molar-refractivity contribution in [3.63, 3.8) is 0 Å². The fourth-order valence-electron chi connectivity index (χ4n) is 1.08. The third-order valence-electron chi connectivity index (χ3n) is 1.81. The van der Waals surface area contributed by atoms with Crippen LogP contribution in [-0.4, -0.2) is 23.8 Å². The van der Waals surface area contributed by atoms with Crippen molar-refractivity contribution in [1.29, 1.82) is 0 Å². The number of hydrogen-bond donors (Lipinski definition) is 2. The SMILES string of the molecule is CNCCCc1cn[nH]c1C. The molecule has 0 amide bonds. The lowest BCUT2D eigenvalue weighted by atomic mass is 10.1. The third kappa shape index (κ3) is 2.35. The Morgan fingerprint density at radius 3 is 3.00 bits per heavy atom. The van der Waals surface area contributed by atoms with Crippen molar-refractivity contribution < 1.29 is 0 Å². The Kier molecular flexibility index (Phi) is 3.11. The molecular weight excluding hydrogens is 138 g/mol. The Bertz CT molecular complexity index is 205. The minimum atomic E-state index is 1.07. The fourth-order valence-corrected chi connectivity index (χ4v) is 1.08. The second-order valence-corrected chi connectivity index (χ2v) is 2.73. The Morgan fingerprint density at radius 2 is 2.45 bits per heavy atom. The first-order valence-corrected chi connectivity index (χ1v) is 3.98. The van der Waals surface area contributed by atoms with Crippen LogP contribution in [-0.2, 0) is 6.42 Å².